The molecule has 2 heterocycles. The molecule has 2 fully saturated rings. The number of fused-ring (bicyclic) bond motifs is 1. The predicted molar refractivity (Wildman–Crippen MR) is 119 cm³/mol. The lowest BCUT2D eigenvalue weighted by Gasteiger charge is -2.34. The molecule has 0 N–H and O–H groups in total. The zero-order valence-electron chi connectivity index (χ0n) is 18.3. The molecule has 5 rings (SSSR count). The lowest BCUT2D eigenvalue weighted by Crippen LogP contribution is -2.44. The summed E-state index contributed by atoms with van der Waals surface area (Å²) in [5.41, 5.74) is 0.772. The predicted octanol–water partition coefficient (Wildman–Crippen LogP) is 3.19. The van der Waals surface area contributed by atoms with Crippen LogP contribution in [0.4, 0.5) is 4.39 Å². The number of hydrogen-bond acceptors (Lipinski definition) is 5. The van der Waals surface area contributed by atoms with Crippen molar-refractivity contribution >= 4 is 15.9 Å². The third kappa shape index (κ3) is 4.70. The maximum Gasteiger partial charge on any atom is 0.243 e. The Balaban J connectivity index is 1.24. The second-order valence-corrected chi connectivity index (χ2v) is 10.7. The van der Waals surface area contributed by atoms with E-state index in [2.05, 4.69) is 0 Å². The smallest absolute Gasteiger partial charge is 0.243 e. The van der Waals surface area contributed by atoms with Crippen LogP contribution in [0.1, 0.15) is 31.2 Å². The van der Waals surface area contributed by atoms with Crippen molar-refractivity contribution in [1.82, 2.24) is 9.21 Å². The van der Waals surface area contributed by atoms with Gasteiger partial charge in [0, 0.05) is 37.7 Å². The first-order valence-electron chi connectivity index (χ1n) is 11.4. The van der Waals surface area contributed by atoms with Crippen molar-refractivity contribution in [2.24, 2.45) is 5.92 Å². The summed E-state index contributed by atoms with van der Waals surface area (Å²) < 4.78 is 52.4. The molecule has 9 heteroatoms. The van der Waals surface area contributed by atoms with E-state index < -0.39 is 10.0 Å². The molecule has 0 unspecified atom stereocenters. The molecule has 7 nitrogen and oxygen atoms in total. The Morgan fingerprint density at radius 1 is 1.00 bits per heavy atom. The number of rotatable bonds is 6. The largest absolute Gasteiger partial charge is 0.486 e. The van der Waals surface area contributed by atoms with Crippen LogP contribution in [0.25, 0.3) is 0 Å². The monoisotopic (exact) mass is 474 g/mol. The first kappa shape index (κ1) is 22.2. The zero-order valence-corrected chi connectivity index (χ0v) is 19.1. The Morgan fingerprint density at radius 3 is 2.42 bits per heavy atom. The molecule has 1 saturated carbocycles. The van der Waals surface area contributed by atoms with E-state index >= 15 is 0 Å². The van der Waals surface area contributed by atoms with Crippen LogP contribution < -0.4 is 9.47 Å². The van der Waals surface area contributed by atoms with E-state index in [0.29, 0.717) is 44.1 Å². The average molecular weight is 475 g/mol. The molecular formula is C24H27FN2O5S. The van der Waals surface area contributed by atoms with Gasteiger partial charge in [0.25, 0.3) is 0 Å². The van der Waals surface area contributed by atoms with Crippen molar-refractivity contribution in [3.63, 3.8) is 0 Å². The van der Waals surface area contributed by atoms with E-state index in [1.54, 1.807) is 12.1 Å². The summed E-state index contributed by atoms with van der Waals surface area (Å²) in [6, 6.07) is 11.2. The first-order valence-corrected chi connectivity index (χ1v) is 12.8. The molecule has 2 aliphatic heterocycles. The number of ether oxygens (including phenoxy) is 2. The number of amides is 1. The SMILES string of the molecule is O=C(C1CCN(S(=O)(=O)c2ccc3c(c2)OCCO3)CC1)N(Cc1cccc(F)c1)C1CC1. The van der Waals surface area contributed by atoms with Crippen molar-refractivity contribution < 1.29 is 27.1 Å². The van der Waals surface area contributed by atoms with Crippen LogP contribution in [0.5, 0.6) is 11.5 Å². The van der Waals surface area contributed by atoms with Crippen LogP contribution in [-0.2, 0) is 21.4 Å². The van der Waals surface area contributed by atoms with Gasteiger partial charge in [-0.3, -0.25) is 4.79 Å². The van der Waals surface area contributed by atoms with Gasteiger partial charge in [-0.15, -0.1) is 0 Å². The first-order chi connectivity index (χ1) is 15.9. The highest BCUT2D eigenvalue weighted by Crippen LogP contribution is 2.35. The van der Waals surface area contributed by atoms with E-state index in [0.717, 1.165) is 18.4 Å². The Kier molecular flexibility index (Phi) is 6.01. The molecule has 1 saturated heterocycles. The second-order valence-electron chi connectivity index (χ2n) is 8.81. The van der Waals surface area contributed by atoms with Gasteiger partial charge in [-0.2, -0.15) is 4.31 Å². The average Bonchev–Trinajstić information content (AvgIpc) is 3.67. The number of carbonyl (C=O) groups excluding carboxylic acids is 1. The number of halogens is 1. The molecule has 2 aromatic carbocycles. The van der Waals surface area contributed by atoms with E-state index in [4.69, 9.17) is 9.47 Å². The van der Waals surface area contributed by atoms with Gasteiger partial charge >= 0.3 is 0 Å². The third-order valence-electron chi connectivity index (χ3n) is 6.47. The Bertz CT molecular complexity index is 1140. The molecule has 2 aromatic rings. The molecule has 1 amide bonds. The van der Waals surface area contributed by atoms with Gasteiger partial charge in [0.15, 0.2) is 11.5 Å². The molecule has 176 valence electrons. The molecule has 0 spiro atoms. The lowest BCUT2D eigenvalue weighted by molar-refractivity contribution is -0.138. The van der Waals surface area contributed by atoms with Gasteiger partial charge in [-0.05, 0) is 55.5 Å². The van der Waals surface area contributed by atoms with Gasteiger partial charge in [0.05, 0.1) is 4.90 Å². The highest BCUT2D eigenvalue weighted by atomic mass is 32.2. The van der Waals surface area contributed by atoms with E-state index in [1.807, 2.05) is 11.0 Å². The fraction of sp³-hybridized carbons (Fsp3) is 0.458. The number of hydrogen-bond donors (Lipinski definition) is 0. The number of nitrogens with zero attached hydrogens (tertiary/aromatic N) is 2. The molecule has 0 aromatic heterocycles. The zero-order chi connectivity index (χ0) is 23.0. The number of sulfonamides is 1. The minimum absolute atomic E-state index is 0.0399. The highest BCUT2D eigenvalue weighted by Gasteiger charge is 2.39. The number of piperidine rings is 1. The quantitative estimate of drug-likeness (QED) is 0.643. The second kappa shape index (κ2) is 8.95. The van der Waals surface area contributed by atoms with Crippen LogP contribution in [0.3, 0.4) is 0 Å². The minimum Gasteiger partial charge on any atom is -0.486 e. The molecule has 0 radical (unpaired) electrons. The molecule has 1 aliphatic carbocycles. The molecule has 0 atom stereocenters. The summed E-state index contributed by atoms with van der Waals surface area (Å²) >= 11 is 0. The summed E-state index contributed by atoms with van der Waals surface area (Å²) in [5.74, 6) is 0.477. The molecular weight excluding hydrogens is 447 g/mol. The van der Waals surface area contributed by atoms with Crippen molar-refractivity contribution in [3.8, 4) is 11.5 Å². The Labute approximate surface area is 193 Å². The summed E-state index contributed by atoms with van der Waals surface area (Å²) in [7, 11) is -3.69. The van der Waals surface area contributed by atoms with Crippen molar-refractivity contribution in [1.29, 1.82) is 0 Å². The highest BCUT2D eigenvalue weighted by molar-refractivity contribution is 7.89. The lowest BCUT2D eigenvalue weighted by atomic mass is 9.96. The summed E-state index contributed by atoms with van der Waals surface area (Å²) in [5, 5.41) is 0. The van der Waals surface area contributed by atoms with Gasteiger partial charge in [0.1, 0.15) is 19.0 Å². The van der Waals surface area contributed by atoms with E-state index in [9.17, 15) is 17.6 Å². The van der Waals surface area contributed by atoms with E-state index in [1.165, 1.54) is 28.6 Å². The standard InChI is InChI=1S/C24H27FN2O5S/c25-19-3-1-2-17(14-19)16-27(20-4-5-20)24(28)18-8-10-26(11-9-18)33(29,30)21-6-7-22-23(15-21)32-13-12-31-22/h1-3,6-7,14-15,18,20H,4-5,8-13,16H2. The van der Waals surface area contributed by atoms with Gasteiger partial charge in [0.2, 0.25) is 15.9 Å². The maximum atomic E-state index is 13.6. The maximum absolute atomic E-state index is 13.6. The summed E-state index contributed by atoms with van der Waals surface area (Å²) in [4.78, 5) is 15.3. The fourth-order valence-electron chi connectivity index (χ4n) is 4.52. The molecule has 3 aliphatic rings. The van der Waals surface area contributed by atoms with Crippen LogP contribution in [0.2, 0.25) is 0 Å². The van der Waals surface area contributed by atoms with Crippen LogP contribution in [0.15, 0.2) is 47.4 Å². The summed E-state index contributed by atoms with van der Waals surface area (Å²) in [6.07, 6.45) is 2.85. The number of benzene rings is 2. The van der Waals surface area contributed by atoms with E-state index in [-0.39, 0.29) is 41.7 Å². The van der Waals surface area contributed by atoms with Gasteiger partial charge < -0.3 is 14.4 Å². The number of carbonyl (C=O) groups is 1. The van der Waals surface area contributed by atoms with Crippen LogP contribution >= 0.6 is 0 Å². The van der Waals surface area contributed by atoms with Crippen molar-refractivity contribution in [2.75, 3.05) is 26.3 Å². The van der Waals surface area contributed by atoms with Gasteiger partial charge in [-0.1, -0.05) is 12.1 Å². The van der Waals surface area contributed by atoms with Crippen molar-refractivity contribution in [3.05, 3.63) is 53.8 Å². The fourth-order valence-corrected chi connectivity index (χ4v) is 6.00. The van der Waals surface area contributed by atoms with Crippen LogP contribution in [0, 0.1) is 11.7 Å². The summed E-state index contributed by atoms with van der Waals surface area (Å²) in [6.45, 7) is 1.78. The van der Waals surface area contributed by atoms with Crippen molar-refractivity contribution in [2.45, 2.75) is 43.2 Å². The Hall–Kier alpha value is -2.65. The molecule has 0 bridgehead atoms. The topological polar surface area (TPSA) is 76.2 Å². The molecule has 33 heavy (non-hydrogen) atoms. The third-order valence-corrected chi connectivity index (χ3v) is 8.36. The normalized spacial score (nSPS) is 19.3. The van der Waals surface area contributed by atoms with Crippen LogP contribution in [-0.4, -0.2) is 55.9 Å². The van der Waals surface area contributed by atoms with Gasteiger partial charge in [-0.25, -0.2) is 12.8 Å². The minimum atomic E-state index is -3.69. The Morgan fingerprint density at radius 2 is 1.73 bits per heavy atom.